The minimum Gasteiger partial charge on any atom is -0.478 e. The van der Waals surface area contributed by atoms with Crippen molar-refractivity contribution in [3.63, 3.8) is 0 Å². The lowest BCUT2D eigenvalue weighted by Gasteiger charge is -2.10. The van der Waals surface area contributed by atoms with Crippen LogP contribution in [0.4, 0.5) is 4.39 Å². The molecule has 196 valence electrons. The summed E-state index contributed by atoms with van der Waals surface area (Å²) in [5.41, 5.74) is 4.56. The van der Waals surface area contributed by atoms with Crippen molar-refractivity contribution in [2.45, 2.75) is 13.0 Å². The van der Waals surface area contributed by atoms with Crippen LogP contribution in [0.3, 0.4) is 0 Å². The molecule has 5 aromatic carbocycles. The van der Waals surface area contributed by atoms with Crippen LogP contribution in [0.25, 0.3) is 32.9 Å². The van der Waals surface area contributed by atoms with Crippen molar-refractivity contribution in [2.24, 2.45) is 0 Å². The first kappa shape index (κ1) is 25.0. The first-order valence-electron chi connectivity index (χ1n) is 12.7. The average molecular weight is 531 g/mol. The van der Waals surface area contributed by atoms with E-state index in [2.05, 4.69) is 28.7 Å². The number of amides is 1. The number of carbonyl (C=O) groups is 2. The fourth-order valence-electron chi connectivity index (χ4n) is 4.85. The molecule has 0 bridgehead atoms. The molecular formula is C33H23FN2O4. The number of halogens is 1. The molecule has 0 saturated heterocycles. The van der Waals surface area contributed by atoms with E-state index < -0.39 is 5.97 Å². The number of aromatic nitrogens is 1. The number of benzene rings is 5. The van der Waals surface area contributed by atoms with Crippen LogP contribution < -0.4 is 5.32 Å². The molecule has 0 saturated carbocycles. The number of hydrogen-bond donors (Lipinski definition) is 2. The molecule has 0 fully saturated rings. The van der Waals surface area contributed by atoms with E-state index in [4.69, 9.17) is 9.63 Å². The Bertz CT molecular complexity index is 1890. The van der Waals surface area contributed by atoms with Gasteiger partial charge in [-0.15, -0.1) is 0 Å². The number of nitrogens with zero attached hydrogens (tertiary/aromatic N) is 1. The molecule has 0 aliphatic rings. The minimum absolute atomic E-state index is 0.169. The SMILES string of the molecule is O=C(O)c1ccc(CNC(=O)c2cc(-c3cccc(F)c3)cc3onc(Cc4ccc5ccccc5c4)c23)cc1. The number of carboxylic acid groups (broad SMARTS) is 1. The fraction of sp³-hybridized carbons (Fsp3) is 0.0606. The second-order valence-electron chi connectivity index (χ2n) is 9.58. The van der Waals surface area contributed by atoms with Crippen LogP contribution >= 0.6 is 0 Å². The van der Waals surface area contributed by atoms with Gasteiger partial charge in [0.05, 0.1) is 22.2 Å². The maximum absolute atomic E-state index is 14.0. The maximum atomic E-state index is 14.0. The van der Waals surface area contributed by atoms with E-state index in [-0.39, 0.29) is 23.8 Å². The average Bonchev–Trinajstić information content (AvgIpc) is 3.38. The first-order chi connectivity index (χ1) is 19.4. The van der Waals surface area contributed by atoms with Crippen LogP contribution in [0, 0.1) is 5.82 Å². The van der Waals surface area contributed by atoms with Gasteiger partial charge in [0, 0.05) is 13.0 Å². The van der Waals surface area contributed by atoms with Gasteiger partial charge < -0.3 is 14.9 Å². The number of rotatable bonds is 7. The summed E-state index contributed by atoms with van der Waals surface area (Å²) in [6, 6.07) is 30.2. The normalized spacial score (nSPS) is 11.1. The highest BCUT2D eigenvalue weighted by atomic mass is 19.1. The van der Waals surface area contributed by atoms with Crippen molar-refractivity contribution >= 4 is 33.6 Å². The highest BCUT2D eigenvalue weighted by Crippen LogP contribution is 2.32. The van der Waals surface area contributed by atoms with Gasteiger partial charge in [-0.1, -0.05) is 71.9 Å². The third-order valence-corrected chi connectivity index (χ3v) is 6.89. The predicted octanol–water partition coefficient (Wildman–Crippen LogP) is 7.01. The van der Waals surface area contributed by atoms with E-state index in [1.165, 1.54) is 24.3 Å². The standard InChI is InChI=1S/C33H23FN2O4/c34-27-7-3-6-25(16-27)26-17-28(32(37)35-19-20-8-12-23(13-9-20)33(38)39)31-29(36-40-30(31)18-26)15-21-10-11-22-4-1-2-5-24(22)14-21/h1-14,16-18H,15,19H2,(H,35,37)(H,38,39). The minimum atomic E-state index is -1.02. The molecule has 0 unspecified atom stereocenters. The molecule has 1 amide bonds. The molecule has 1 aromatic heterocycles. The van der Waals surface area contributed by atoms with Gasteiger partial charge in [0.15, 0.2) is 5.58 Å². The summed E-state index contributed by atoms with van der Waals surface area (Å²) in [6.45, 7) is 0.190. The van der Waals surface area contributed by atoms with Gasteiger partial charge in [0.25, 0.3) is 5.91 Å². The molecule has 7 heteroatoms. The third kappa shape index (κ3) is 5.05. The highest BCUT2D eigenvalue weighted by molar-refractivity contribution is 6.08. The van der Waals surface area contributed by atoms with Crippen molar-refractivity contribution < 1.29 is 23.6 Å². The summed E-state index contributed by atoms with van der Waals surface area (Å²) in [5, 5.41) is 19.2. The monoisotopic (exact) mass is 530 g/mol. The number of fused-ring (bicyclic) bond motifs is 2. The Balaban J connectivity index is 1.38. The molecule has 0 atom stereocenters. The zero-order valence-electron chi connectivity index (χ0n) is 21.2. The summed E-state index contributed by atoms with van der Waals surface area (Å²) in [6.07, 6.45) is 0.452. The third-order valence-electron chi connectivity index (χ3n) is 6.89. The molecule has 40 heavy (non-hydrogen) atoms. The summed E-state index contributed by atoms with van der Waals surface area (Å²) < 4.78 is 19.7. The molecular weight excluding hydrogens is 507 g/mol. The molecule has 2 N–H and O–H groups in total. The second kappa shape index (κ2) is 10.5. The molecule has 6 nitrogen and oxygen atoms in total. The van der Waals surface area contributed by atoms with E-state index >= 15 is 0 Å². The Morgan fingerprint density at radius 1 is 0.800 bits per heavy atom. The molecule has 0 radical (unpaired) electrons. The lowest BCUT2D eigenvalue weighted by atomic mass is 9.96. The summed E-state index contributed by atoms with van der Waals surface area (Å²) in [7, 11) is 0. The van der Waals surface area contributed by atoms with E-state index in [1.54, 1.807) is 36.4 Å². The number of aromatic carboxylic acids is 1. The molecule has 0 aliphatic carbocycles. The Morgan fingerprint density at radius 2 is 1.57 bits per heavy atom. The van der Waals surface area contributed by atoms with Crippen LogP contribution in [0.2, 0.25) is 0 Å². The largest absolute Gasteiger partial charge is 0.478 e. The number of hydrogen-bond acceptors (Lipinski definition) is 4. The van der Waals surface area contributed by atoms with Gasteiger partial charge in [-0.2, -0.15) is 0 Å². The van der Waals surface area contributed by atoms with Gasteiger partial charge in [-0.05, 0) is 69.4 Å². The first-order valence-corrected chi connectivity index (χ1v) is 12.7. The van der Waals surface area contributed by atoms with E-state index in [0.29, 0.717) is 39.8 Å². The van der Waals surface area contributed by atoms with Crippen molar-refractivity contribution in [3.8, 4) is 11.1 Å². The van der Waals surface area contributed by atoms with E-state index in [0.717, 1.165) is 21.9 Å². The van der Waals surface area contributed by atoms with Crippen molar-refractivity contribution in [1.29, 1.82) is 0 Å². The zero-order chi connectivity index (χ0) is 27.6. The topological polar surface area (TPSA) is 92.4 Å². The predicted molar refractivity (Wildman–Crippen MR) is 151 cm³/mol. The van der Waals surface area contributed by atoms with Crippen LogP contribution in [0.5, 0.6) is 0 Å². The maximum Gasteiger partial charge on any atom is 0.335 e. The quantitative estimate of drug-likeness (QED) is 0.232. The molecule has 0 spiro atoms. The van der Waals surface area contributed by atoms with Crippen molar-refractivity contribution in [1.82, 2.24) is 10.5 Å². The summed E-state index contributed by atoms with van der Waals surface area (Å²) in [4.78, 5) is 24.7. The molecule has 1 heterocycles. The van der Waals surface area contributed by atoms with Gasteiger partial charge >= 0.3 is 5.97 Å². The zero-order valence-corrected chi connectivity index (χ0v) is 21.2. The summed E-state index contributed by atoms with van der Waals surface area (Å²) >= 11 is 0. The fourth-order valence-corrected chi connectivity index (χ4v) is 4.85. The van der Waals surface area contributed by atoms with Crippen LogP contribution in [0.15, 0.2) is 108 Å². The van der Waals surface area contributed by atoms with E-state index in [1.807, 2.05) is 24.3 Å². The Morgan fingerprint density at radius 3 is 2.35 bits per heavy atom. The Labute approximate surface area is 228 Å². The van der Waals surface area contributed by atoms with Gasteiger partial charge in [-0.25, -0.2) is 9.18 Å². The van der Waals surface area contributed by atoms with Crippen LogP contribution in [0.1, 0.15) is 37.5 Å². The second-order valence-corrected chi connectivity index (χ2v) is 9.58. The van der Waals surface area contributed by atoms with Crippen LogP contribution in [-0.4, -0.2) is 22.1 Å². The number of carboxylic acids is 1. The lowest BCUT2D eigenvalue weighted by Crippen LogP contribution is -2.23. The lowest BCUT2D eigenvalue weighted by molar-refractivity contribution is 0.0696. The molecule has 6 rings (SSSR count). The van der Waals surface area contributed by atoms with Gasteiger partial charge in [0.1, 0.15) is 5.82 Å². The Kier molecular flexibility index (Phi) is 6.54. The summed E-state index contributed by atoms with van der Waals surface area (Å²) in [5.74, 6) is -1.75. The molecule has 0 aliphatic heterocycles. The van der Waals surface area contributed by atoms with Crippen LogP contribution in [-0.2, 0) is 13.0 Å². The highest BCUT2D eigenvalue weighted by Gasteiger charge is 2.20. The van der Waals surface area contributed by atoms with Gasteiger partial charge in [-0.3, -0.25) is 4.79 Å². The smallest absolute Gasteiger partial charge is 0.335 e. The molecule has 6 aromatic rings. The van der Waals surface area contributed by atoms with E-state index in [9.17, 15) is 14.0 Å². The Hall–Kier alpha value is -5.30. The number of nitrogens with one attached hydrogen (secondary N) is 1. The van der Waals surface area contributed by atoms with Crippen molar-refractivity contribution in [2.75, 3.05) is 0 Å². The van der Waals surface area contributed by atoms with Gasteiger partial charge in [0.2, 0.25) is 0 Å². The number of carbonyl (C=O) groups excluding carboxylic acids is 1. The van der Waals surface area contributed by atoms with Crippen molar-refractivity contribution in [3.05, 3.63) is 137 Å².